The van der Waals surface area contributed by atoms with E-state index in [1.807, 2.05) is 37.3 Å². The Labute approximate surface area is 188 Å². The molecular formula is C24H27N3O4S. The van der Waals surface area contributed by atoms with Crippen LogP contribution in [0.1, 0.15) is 30.9 Å². The number of nitrogens with zero attached hydrogens (tertiary/aromatic N) is 2. The number of fused-ring (bicyclic) bond motifs is 1. The van der Waals surface area contributed by atoms with E-state index in [1.165, 1.54) is 16.3 Å². The summed E-state index contributed by atoms with van der Waals surface area (Å²) in [7, 11) is -3.66. The van der Waals surface area contributed by atoms with Crippen LogP contribution in [0.15, 0.2) is 64.3 Å². The summed E-state index contributed by atoms with van der Waals surface area (Å²) >= 11 is 0. The molecule has 1 heterocycles. The van der Waals surface area contributed by atoms with Crippen LogP contribution >= 0.6 is 0 Å². The van der Waals surface area contributed by atoms with Gasteiger partial charge in [-0.05, 0) is 86.2 Å². The fraction of sp³-hybridized carbons (Fsp3) is 0.333. The van der Waals surface area contributed by atoms with Crippen molar-refractivity contribution in [2.75, 3.05) is 13.2 Å². The molecule has 1 N–H and O–H groups in total. The van der Waals surface area contributed by atoms with Crippen LogP contribution in [0, 0.1) is 0 Å². The molecule has 0 fully saturated rings. The topological polar surface area (TPSA) is 90.3 Å². The van der Waals surface area contributed by atoms with Gasteiger partial charge in [-0.25, -0.2) is 17.8 Å². The average molecular weight is 454 g/mol. The van der Waals surface area contributed by atoms with Crippen molar-refractivity contribution in [2.45, 2.75) is 44.0 Å². The van der Waals surface area contributed by atoms with Crippen molar-refractivity contribution in [1.82, 2.24) is 14.5 Å². The van der Waals surface area contributed by atoms with Crippen LogP contribution in [0.5, 0.6) is 5.75 Å². The number of aromatic nitrogens is 2. The minimum absolute atomic E-state index is 0.0685. The lowest BCUT2D eigenvalue weighted by Gasteiger charge is -2.17. The van der Waals surface area contributed by atoms with E-state index in [0.717, 1.165) is 42.6 Å². The van der Waals surface area contributed by atoms with Crippen molar-refractivity contribution < 1.29 is 13.2 Å². The highest BCUT2D eigenvalue weighted by molar-refractivity contribution is 7.89. The smallest absolute Gasteiger partial charge is 0.266 e. The maximum Gasteiger partial charge on any atom is 0.266 e. The summed E-state index contributed by atoms with van der Waals surface area (Å²) < 4.78 is 34.8. The first kappa shape index (κ1) is 22.2. The molecule has 168 valence electrons. The van der Waals surface area contributed by atoms with Crippen LogP contribution in [0.3, 0.4) is 0 Å². The number of hydrogen-bond acceptors (Lipinski definition) is 5. The van der Waals surface area contributed by atoms with Gasteiger partial charge in [0.05, 0.1) is 23.7 Å². The molecule has 1 aliphatic rings. The van der Waals surface area contributed by atoms with Crippen molar-refractivity contribution in [2.24, 2.45) is 0 Å². The Balaban J connectivity index is 1.44. The SMILES string of the molecule is CCOc1ccc(-c2ccc(=O)n(CCNS(=O)(=O)c3ccc4c(c3)CCCC4)n2)cc1. The quantitative estimate of drug-likeness (QED) is 0.566. The summed E-state index contributed by atoms with van der Waals surface area (Å²) in [5.41, 5.74) is 3.53. The molecule has 0 saturated heterocycles. The van der Waals surface area contributed by atoms with Gasteiger partial charge >= 0.3 is 0 Å². The number of sulfonamides is 1. The molecule has 0 bridgehead atoms. The third-order valence-electron chi connectivity index (χ3n) is 5.57. The molecule has 7 nitrogen and oxygen atoms in total. The standard InChI is InChI=1S/C24H27N3O4S/c1-2-31-21-10-7-19(8-11-21)23-13-14-24(28)27(26-23)16-15-25-32(29,30)22-12-9-18-5-3-4-6-20(18)17-22/h7-14,17,25H,2-6,15-16H2,1H3. The largest absolute Gasteiger partial charge is 0.494 e. The van der Waals surface area contributed by atoms with E-state index >= 15 is 0 Å². The van der Waals surface area contributed by atoms with Crippen molar-refractivity contribution in [3.05, 3.63) is 76.1 Å². The Morgan fingerprint density at radius 2 is 1.75 bits per heavy atom. The predicted octanol–water partition coefficient (Wildman–Crippen LogP) is 3.17. The van der Waals surface area contributed by atoms with Crippen LogP contribution in [-0.4, -0.2) is 31.3 Å². The van der Waals surface area contributed by atoms with Gasteiger partial charge in [0.1, 0.15) is 5.75 Å². The molecular weight excluding hydrogens is 426 g/mol. The summed E-state index contributed by atoms with van der Waals surface area (Å²) in [5.74, 6) is 0.765. The maximum atomic E-state index is 12.7. The lowest BCUT2D eigenvalue weighted by atomic mass is 9.92. The Morgan fingerprint density at radius 3 is 2.50 bits per heavy atom. The average Bonchev–Trinajstić information content (AvgIpc) is 2.81. The Bertz CT molecular complexity index is 1250. The van der Waals surface area contributed by atoms with E-state index in [2.05, 4.69) is 9.82 Å². The minimum Gasteiger partial charge on any atom is -0.494 e. The molecule has 4 rings (SSSR count). The zero-order valence-corrected chi connectivity index (χ0v) is 18.9. The number of aryl methyl sites for hydroxylation is 2. The zero-order chi connectivity index (χ0) is 22.6. The van der Waals surface area contributed by atoms with E-state index in [0.29, 0.717) is 12.3 Å². The fourth-order valence-electron chi connectivity index (χ4n) is 3.90. The number of ether oxygens (including phenoxy) is 1. The lowest BCUT2D eigenvalue weighted by Crippen LogP contribution is -2.32. The van der Waals surface area contributed by atoms with Gasteiger partial charge in [0, 0.05) is 18.2 Å². The summed E-state index contributed by atoms with van der Waals surface area (Å²) in [6.07, 6.45) is 4.15. The highest BCUT2D eigenvalue weighted by Crippen LogP contribution is 2.24. The second kappa shape index (κ2) is 9.67. The fourth-order valence-corrected chi connectivity index (χ4v) is 4.97. The number of benzene rings is 2. The molecule has 3 aromatic rings. The van der Waals surface area contributed by atoms with E-state index in [4.69, 9.17) is 4.74 Å². The molecule has 32 heavy (non-hydrogen) atoms. The third kappa shape index (κ3) is 5.08. The molecule has 0 saturated carbocycles. The second-order valence-corrected chi connectivity index (χ2v) is 9.54. The van der Waals surface area contributed by atoms with Gasteiger partial charge in [0.25, 0.3) is 5.56 Å². The maximum absolute atomic E-state index is 12.7. The summed E-state index contributed by atoms with van der Waals surface area (Å²) in [6.45, 7) is 2.71. The number of rotatable bonds is 8. The number of nitrogens with one attached hydrogen (secondary N) is 1. The molecule has 1 aliphatic carbocycles. The predicted molar refractivity (Wildman–Crippen MR) is 123 cm³/mol. The lowest BCUT2D eigenvalue weighted by molar-refractivity contribution is 0.340. The van der Waals surface area contributed by atoms with Crippen molar-refractivity contribution in [1.29, 1.82) is 0 Å². The first-order valence-electron chi connectivity index (χ1n) is 10.9. The summed E-state index contributed by atoms with van der Waals surface area (Å²) in [4.78, 5) is 12.5. The highest BCUT2D eigenvalue weighted by Gasteiger charge is 2.17. The first-order chi connectivity index (χ1) is 15.5. The Hall–Kier alpha value is -2.97. The van der Waals surface area contributed by atoms with Crippen LogP contribution in [0.2, 0.25) is 0 Å². The van der Waals surface area contributed by atoms with E-state index < -0.39 is 10.0 Å². The van der Waals surface area contributed by atoms with Crippen LogP contribution in [0.4, 0.5) is 0 Å². The zero-order valence-electron chi connectivity index (χ0n) is 18.1. The third-order valence-corrected chi connectivity index (χ3v) is 7.03. The summed E-state index contributed by atoms with van der Waals surface area (Å²) in [6, 6.07) is 15.9. The molecule has 8 heteroatoms. The summed E-state index contributed by atoms with van der Waals surface area (Å²) in [5, 5.41) is 4.40. The van der Waals surface area contributed by atoms with Crippen molar-refractivity contribution in [3.8, 4) is 17.0 Å². The molecule has 0 amide bonds. The van der Waals surface area contributed by atoms with Crippen LogP contribution in [-0.2, 0) is 29.4 Å². The monoisotopic (exact) mass is 453 g/mol. The molecule has 2 aromatic carbocycles. The van der Waals surface area contributed by atoms with E-state index in [9.17, 15) is 13.2 Å². The highest BCUT2D eigenvalue weighted by atomic mass is 32.2. The molecule has 0 radical (unpaired) electrons. The molecule has 0 atom stereocenters. The van der Waals surface area contributed by atoms with Crippen molar-refractivity contribution in [3.63, 3.8) is 0 Å². The molecule has 1 aromatic heterocycles. The van der Waals surface area contributed by atoms with Gasteiger partial charge in [-0.15, -0.1) is 0 Å². The van der Waals surface area contributed by atoms with Crippen LogP contribution in [0.25, 0.3) is 11.3 Å². The van der Waals surface area contributed by atoms with Crippen molar-refractivity contribution >= 4 is 10.0 Å². The normalized spacial score (nSPS) is 13.5. The van der Waals surface area contributed by atoms with Gasteiger partial charge in [-0.1, -0.05) is 6.07 Å². The number of hydrogen-bond donors (Lipinski definition) is 1. The molecule has 0 spiro atoms. The molecule has 0 aliphatic heterocycles. The van der Waals surface area contributed by atoms with Gasteiger partial charge in [0.15, 0.2) is 0 Å². The van der Waals surface area contributed by atoms with E-state index in [1.54, 1.807) is 18.2 Å². The van der Waals surface area contributed by atoms with Gasteiger partial charge in [0.2, 0.25) is 10.0 Å². The minimum atomic E-state index is -3.66. The van der Waals surface area contributed by atoms with E-state index in [-0.39, 0.29) is 23.5 Å². The first-order valence-corrected chi connectivity index (χ1v) is 12.4. The Kier molecular flexibility index (Phi) is 6.72. The van der Waals surface area contributed by atoms with Gasteiger partial charge in [-0.3, -0.25) is 4.79 Å². The Morgan fingerprint density at radius 1 is 1.00 bits per heavy atom. The second-order valence-electron chi connectivity index (χ2n) is 7.77. The van der Waals surface area contributed by atoms with Gasteiger partial charge < -0.3 is 4.74 Å². The van der Waals surface area contributed by atoms with Gasteiger partial charge in [-0.2, -0.15) is 5.10 Å². The van der Waals surface area contributed by atoms with Crippen LogP contribution < -0.4 is 15.0 Å². The molecule has 0 unspecified atom stereocenters.